The second-order valence-electron chi connectivity index (χ2n) is 5.34. The quantitative estimate of drug-likeness (QED) is 0.902. The molecular weight excluding hydrogens is 318 g/mol. The number of halogens is 2. The topological polar surface area (TPSA) is 59.6 Å². The zero-order chi connectivity index (χ0) is 17.1. The first-order chi connectivity index (χ1) is 11.5. The van der Waals surface area contributed by atoms with Crippen LogP contribution in [-0.2, 0) is 4.79 Å². The maximum Gasteiger partial charge on any atom is 0.246 e. The molecule has 5 nitrogen and oxygen atoms in total. The Balaban J connectivity index is 1.65. The lowest BCUT2D eigenvalue weighted by atomic mass is 10.2. The molecule has 0 saturated carbocycles. The van der Waals surface area contributed by atoms with Gasteiger partial charge in [0.15, 0.2) is 11.5 Å². The number of ether oxygens (including phenoxy) is 2. The molecule has 1 heterocycles. The standard InChI is InChI=1S/C17H16F2N2O3/c1-10(17(22)21-14-4-2-11(18)8-13(14)19)20-12-3-5-15-16(9-12)24-7-6-23-15/h2-5,8-10,20H,6-7H2,1H3,(H,21,22). The molecule has 126 valence electrons. The zero-order valence-corrected chi connectivity index (χ0v) is 12.9. The maximum absolute atomic E-state index is 13.6. The molecule has 2 aromatic carbocycles. The highest BCUT2D eigenvalue weighted by Gasteiger charge is 2.17. The molecule has 0 aliphatic carbocycles. The van der Waals surface area contributed by atoms with E-state index in [9.17, 15) is 13.6 Å². The Labute approximate surface area is 137 Å². The second kappa shape index (κ2) is 6.74. The Hall–Kier alpha value is -2.83. The van der Waals surface area contributed by atoms with Crippen molar-refractivity contribution in [2.45, 2.75) is 13.0 Å². The third-order valence-electron chi connectivity index (χ3n) is 3.51. The number of amides is 1. The molecule has 0 aromatic heterocycles. The van der Waals surface area contributed by atoms with Gasteiger partial charge in [-0.05, 0) is 31.2 Å². The Morgan fingerprint density at radius 2 is 1.83 bits per heavy atom. The SMILES string of the molecule is CC(Nc1ccc2c(c1)OCCO2)C(=O)Nc1ccc(F)cc1F. The van der Waals surface area contributed by atoms with Crippen LogP contribution in [0.5, 0.6) is 11.5 Å². The van der Waals surface area contributed by atoms with Crippen LogP contribution in [-0.4, -0.2) is 25.2 Å². The van der Waals surface area contributed by atoms with Gasteiger partial charge in [0.05, 0.1) is 5.69 Å². The molecule has 1 aliphatic heterocycles. The third kappa shape index (κ3) is 3.56. The zero-order valence-electron chi connectivity index (χ0n) is 12.9. The third-order valence-corrected chi connectivity index (χ3v) is 3.51. The first-order valence-electron chi connectivity index (χ1n) is 7.45. The van der Waals surface area contributed by atoms with Gasteiger partial charge < -0.3 is 20.1 Å². The van der Waals surface area contributed by atoms with Crippen molar-refractivity contribution in [1.82, 2.24) is 0 Å². The van der Waals surface area contributed by atoms with Gasteiger partial charge in [0.25, 0.3) is 0 Å². The number of carbonyl (C=O) groups is 1. The van der Waals surface area contributed by atoms with Crippen LogP contribution in [0, 0.1) is 11.6 Å². The second-order valence-corrected chi connectivity index (χ2v) is 5.34. The predicted molar refractivity (Wildman–Crippen MR) is 85.5 cm³/mol. The van der Waals surface area contributed by atoms with Crippen molar-refractivity contribution in [3.8, 4) is 11.5 Å². The number of hydrogen-bond acceptors (Lipinski definition) is 4. The fourth-order valence-electron chi connectivity index (χ4n) is 2.28. The van der Waals surface area contributed by atoms with E-state index in [1.165, 1.54) is 6.07 Å². The molecule has 1 atom stereocenters. The molecule has 2 aromatic rings. The summed E-state index contributed by atoms with van der Waals surface area (Å²) in [6, 6.07) is 7.58. The molecule has 1 amide bonds. The van der Waals surface area contributed by atoms with Crippen LogP contribution in [0.4, 0.5) is 20.2 Å². The molecule has 1 aliphatic rings. The molecule has 0 saturated heterocycles. The first kappa shape index (κ1) is 16.0. The van der Waals surface area contributed by atoms with Gasteiger partial charge in [0.1, 0.15) is 30.9 Å². The largest absolute Gasteiger partial charge is 0.486 e. The van der Waals surface area contributed by atoms with Gasteiger partial charge in [-0.1, -0.05) is 0 Å². The average molecular weight is 334 g/mol. The van der Waals surface area contributed by atoms with Crippen molar-refractivity contribution in [2.24, 2.45) is 0 Å². The number of benzene rings is 2. The van der Waals surface area contributed by atoms with Gasteiger partial charge in [-0.25, -0.2) is 8.78 Å². The van der Waals surface area contributed by atoms with E-state index in [1.54, 1.807) is 25.1 Å². The van der Waals surface area contributed by atoms with Crippen LogP contribution in [0.1, 0.15) is 6.92 Å². The van der Waals surface area contributed by atoms with E-state index in [1.807, 2.05) is 0 Å². The molecule has 0 spiro atoms. The van der Waals surface area contributed by atoms with Crippen molar-refractivity contribution in [1.29, 1.82) is 0 Å². The number of anilines is 2. The van der Waals surface area contributed by atoms with E-state index in [0.29, 0.717) is 36.5 Å². The Bertz CT molecular complexity index is 767. The molecular formula is C17H16F2N2O3. The Morgan fingerprint density at radius 3 is 2.58 bits per heavy atom. The molecule has 0 radical (unpaired) electrons. The van der Waals surface area contributed by atoms with Crippen LogP contribution in [0.15, 0.2) is 36.4 Å². The van der Waals surface area contributed by atoms with Crippen LogP contribution >= 0.6 is 0 Å². The smallest absolute Gasteiger partial charge is 0.246 e. The van der Waals surface area contributed by atoms with Crippen molar-refractivity contribution in [3.05, 3.63) is 48.0 Å². The van der Waals surface area contributed by atoms with Gasteiger partial charge in [-0.15, -0.1) is 0 Å². The minimum absolute atomic E-state index is 0.0720. The summed E-state index contributed by atoms with van der Waals surface area (Å²) in [5.41, 5.74) is 0.596. The summed E-state index contributed by atoms with van der Waals surface area (Å²) >= 11 is 0. The maximum atomic E-state index is 13.6. The van der Waals surface area contributed by atoms with Gasteiger partial charge in [-0.3, -0.25) is 4.79 Å². The van der Waals surface area contributed by atoms with E-state index in [-0.39, 0.29) is 5.69 Å². The molecule has 3 rings (SSSR count). The highest BCUT2D eigenvalue weighted by Crippen LogP contribution is 2.32. The number of nitrogens with one attached hydrogen (secondary N) is 2. The monoisotopic (exact) mass is 334 g/mol. The van der Waals surface area contributed by atoms with E-state index < -0.39 is 23.6 Å². The van der Waals surface area contributed by atoms with Crippen LogP contribution < -0.4 is 20.1 Å². The van der Waals surface area contributed by atoms with Crippen LogP contribution in [0.25, 0.3) is 0 Å². The average Bonchev–Trinajstić information content (AvgIpc) is 2.57. The van der Waals surface area contributed by atoms with Crippen molar-refractivity contribution < 1.29 is 23.0 Å². The van der Waals surface area contributed by atoms with E-state index in [4.69, 9.17) is 9.47 Å². The van der Waals surface area contributed by atoms with Crippen LogP contribution in [0.3, 0.4) is 0 Å². The van der Waals surface area contributed by atoms with Gasteiger partial charge in [0, 0.05) is 17.8 Å². The summed E-state index contributed by atoms with van der Waals surface area (Å²) in [6.45, 7) is 2.60. The fraction of sp³-hybridized carbons (Fsp3) is 0.235. The van der Waals surface area contributed by atoms with Crippen molar-refractivity contribution in [2.75, 3.05) is 23.8 Å². The Morgan fingerprint density at radius 1 is 1.08 bits per heavy atom. The summed E-state index contributed by atoms with van der Waals surface area (Å²) in [5.74, 6) is -0.723. The molecule has 24 heavy (non-hydrogen) atoms. The first-order valence-corrected chi connectivity index (χ1v) is 7.45. The molecule has 7 heteroatoms. The highest BCUT2D eigenvalue weighted by molar-refractivity contribution is 5.96. The fourth-order valence-corrected chi connectivity index (χ4v) is 2.28. The summed E-state index contributed by atoms with van der Waals surface area (Å²) < 4.78 is 37.4. The summed E-state index contributed by atoms with van der Waals surface area (Å²) in [6.07, 6.45) is 0. The number of hydrogen-bond donors (Lipinski definition) is 2. The van der Waals surface area contributed by atoms with E-state index in [0.717, 1.165) is 6.07 Å². The van der Waals surface area contributed by atoms with Crippen molar-refractivity contribution in [3.63, 3.8) is 0 Å². The lowest BCUT2D eigenvalue weighted by Crippen LogP contribution is -2.32. The lowest BCUT2D eigenvalue weighted by Gasteiger charge is -2.20. The molecule has 2 N–H and O–H groups in total. The number of rotatable bonds is 4. The Kier molecular flexibility index (Phi) is 4.50. The van der Waals surface area contributed by atoms with E-state index >= 15 is 0 Å². The minimum atomic E-state index is -0.824. The van der Waals surface area contributed by atoms with Crippen molar-refractivity contribution >= 4 is 17.3 Å². The summed E-state index contributed by atoms with van der Waals surface area (Å²) in [7, 11) is 0. The lowest BCUT2D eigenvalue weighted by molar-refractivity contribution is -0.116. The van der Waals surface area contributed by atoms with Gasteiger partial charge in [0.2, 0.25) is 5.91 Å². The van der Waals surface area contributed by atoms with E-state index in [2.05, 4.69) is 10.6 Å². The minimum Gasteiger partial charge on any atom is -0.486 e. The predicted octanol–water partition coefficient (Wildman–Crippen LogP) is 3.18. The molecule has 0 fully saturated rings. The summed E-state index contributed by atoms with van der Waals surface area (Å²) in [4.78, 5) is 12.2. The van der Waals surface area contributed by atoms with Crippen LogP contribution in [0.2, 0.25) is 0 Å². The number of carbonyl (C=O) groups excluding carboxylic acids is 1. The molecule has 1 unspecified atom stereocenters. The molecule has 0 bridgehead atoms. The summed E-state index contributed by atoms with van der Waals surface area (Å²) in [5, 5.41) is 5.42. The van der Waals surface area contributed by atoms with Gasteiger partial charge in [-0.2, -0.15) is 0 Å². The van der Waals surface area contributed by atoms with Gasteiger partial charge >= 0.3 is 0 Å². The normalized spacial score (nSPS) is 14.0. The highest BCUT2D eigenvalue weighted by atomic mass is 19.1. The number of fused-ring (bicyclic) bond motifs is 1.